The van der Waals surface area contributed by atoms with Gasteiger partial charge >= 0.3 is 0 Å². The Labute approximate surface area is 191 Å². The zero-order valence-electron chi connectivity index (χ0n) is 19.0. The predicted molar refractivity (Wildman–Crippen MR) is 132 cm³/mol. The summed E-state index contributed by atoms with van der Waals surface area (Å²) in [6, 6.07) is 10.3. The van der Waals surface area contributed by atoms with Gasteiger partial charge in [0.15, 0.2) is 16.1 Å². The lowest BCUT2D eigenvalue weighted by molar-refractivity contribution is 0.302. The van der Waals surface area contributed by atoms with Crippen LogP contribution >= 0.6 is 12.2 Å². The van der Waals surface area contributed by atoms with Crippen LogP contribution in [0.2, 0.25) is 0 Å². The van der Waals surface area contributed by atoms with E-state index in [1.54, 1.807) is 6.92 Å². The first-order valence-corrected chi connectivity index (χ1v) is 12.6. The molecule has 31 heavy (non-hydrogen) atoms. The van der Waals surface area contributed by atoms with E-state index in [0.29, 0.717) is 16.2 Å². The van der Waals surface area contributed by atoms with Crippen molar-refractivity contribution in [3.05, 3.63) is 52.0 Å². The summed E-state index contributed by atoms with van der Waals surface area (Å²) in [5, 5.41) is 2.74. The summed E-state index contributed by atoms with van der Waals surface area (Å²) in [4.78, 5) is 0. The summed E-state index contributed by atoms with van der Waals surface area (Å²) in [6.07, 6.45) is 14.9. The molecule has 2 aromatic carbocycles. The van der Waals surface area contributed by atoms with Gasteiger partial charge in [0.2, 0.25) is 0 Å². The van der Waals surface area contributed by atoms with E-state index in [9.17, 15) is 4.39 Å². The van der Waals surface area contributed by atoms with E-state index in [4.69, 9.17) is 16.6 Å². The van der Waals surface area contributed by atoms with E-state index in [2.05, 4.69) is 25.1 Å². The highest BCUT2D eigenvalue weighted by Crippen LogP contribution is 2.39. The van der Waals surface area contributed by atoms with Crippen molar-refractivity contribution in [3.63, 3.8) is 0 Å². The Morgan fingerprint density at radius 3 is 2.39 bits per heavy atom. The zero-order chi connectivity index (χ0) is 21.8. The number of rotatable bonds is 8. The van der Waals surface area contributed by atoms with Crippen molar-refractivity contribution in [2.24, 2.45) is 5.92 Å². The average molecular weight is 439 g/mol. The lowest BCUT2D eigenvalue weighted by Crippen LogP contribution is -2.13. The van der Waals surface area contributed by atoms with Gasteiger partial charge in [-0.2, -0.15) is 0 Å². The minimum Gasteiger partial charge on any atom is -0.441 e. The van der Waals surface area contributed by atoms with Crippen LogP contribution in [0.3, 0.4) is 0 Å². The molecule has 0 radical (unpaired) electrons. The molecular weight excluding hydrogens is 403 g/mol. The minimum absolute atomic E-state index is 0.278. The molecule has 0 bridgehead atoms. The molecule has 1 nitrogen and oxygen atoms in total. The summed E-state index contributed by atoms with van der Waals surface area (Å²) < 4.78 is 20.7. The van der Waals surface area contributed by atoms with Gasteiger partial charge in [0.1, 0.15) is 0 Å². The van der Waals surface area contributed by atoms with Crippen LogP contribution in [0.15, 0.2) is 34.7 Å². The number of unbranched alkanes of at least 4 members (excludes halogenated alkanes) is 5. The Kier molecular flexibility index (Phi) is 7.43. The third-order valence-electron chi connectivity index (χ3n) is 7.32. The van der Waals surface area contributed by atoms with Crippen LogP contribution in [0.1, 0.15) is 94.6 Å². The zero-order valence-corrected chi connectivity index (χ0v) is 19.8. The van der Waals surface area contributed by atoms with Crippen LogP contribution in [-0.4, -0.2) is 0 Å². The molecule has 1 aromatic heterocycles. The molecule has 1 heterocycles. The molecule has 166 valence electrons. The molecule has 0 unspecified atom stereocenters. The number of hydrogen-bond donors (Lipinski definition) is 0. The molecule has 1 aliphatic carbocycles. The standard InChI is InChI=1S/C28H35FOS/c1-3-4-5-6-7-8-9-20-11-13-21(14-12-20)22-15-17-23-24-16-10-19(2)26(29)27(24)30-28(31)25(23)18-22/h10,15-18,20-21H,3-9,11-14H2,1-2H3. The second kappa shape index (κ2) is 10.3. The predicted octanol–water partition coefficient (Wildman–Crippen LogP) is 9.79. The van der Waals surface area contributed by atoms with Crippen molar-refractivity contribution in [1.29, 1.82) is 0 Å². The smallest absolute Gasteiger partial charge is 0.198 e. The Bertz CT molecular complexity index is 1090. The number of halogens is 1. The molecule has 1 fully saturated rings. The van der Waals surface area contributed by atoms with Gasteiger partial charge in [-0.25, -0.2) is 4.39 Å². The summed E-state index contributed by atoms with van der Waals surface area (Å²) in [6.45, 7) is 4.03. The Morgan fingerprint density at radius 2 is 1.61 bits per heavy atom. The van der Waals surface area contributed by atoms with Crippen molar-refractivity contribution in [2.75, 3.05) is 0 Å². The monoisotopic (exact) mass is 438 g/mol. The molecule has 3 aromatic rings. The van der Waals surface area contributed by atoms with Crippen LogP contribution in [-0.2, 0) is 0 Å². The van der Waals surface area contributed by atoms with E-state index >= 15 is 0 Å². The molecule has 1 saturated carbocycles. The topological polar surface area (TPSA) is 13.1 Å². The van der Waals surface area contributed by atoms with E-state index in [1.165, 1.54) is 76.2 Å². The lowest BCUT2D eigenvalue weighted by atomic mass is 9.76. The fourth-order valence-electron chi connectivity index (χ4n) is 5.33. The maximum absolute atomic E-state index is 14.5. The Hall–Kier alpha value is -1.74. The molecule has 1 aliphatic rings. The molecule has 4 rings (SSSR count). The van der Waals surface area contributed by atoms with Gasteiger partial charge in [-0.15, -0.1) is 0 Å². The van der Waals surface area contributed by atoms with Crippen molar-refractivity contribution >= 4 is 34.0 Å². The van der Waals surface area contributed by atoms with Gasteiger partial charge in [0.25, 0.3) is 0 Å². The normalized spacial score (nSPS) is 19.3. The number of fused-ring (bicyclic) bond motifs is 3. The fourth-order valence-corrected chi connectivity index (χ4v) is 5.58. The number of hydrogen-bond acceptors (Lipinski definition) is 2. The van der Waals surface area contributed by atoms with E-state index in [1.807, 2.05) is 12.1 Å². The molecule has 0 saturated heterocycles. The van der Waals surface area contributed by atoms with Crippen LogP contribution in [0.4, 0.5) is 4.39 Å². The molecular formula is C28H35FOS. The van der Waals surface area contributed by atoms with Crippen LogP contribution in [0.25, 0.3) is 21.7 Å². The summed E-state index contributed by atoms with van der Waals surface area (Å²) in [5.41, 5.74) is 2.22. The van der Waals surface area contributed by atoms with Crippen molar-refractivity contribution in [2.45, 2.75) is 90.4 Å². The van der Waals surface area contributed by atoms with Crippen molar-refractivity contribution in [1.82, 2.24) is 0 Å². The fraction of sp³-hybridized carbons (Fsp3) is 0.536. The van der Waals surface area contributed by atoms with Crippen molar-refractivity contribution in [3.8, 4) is 0 Å². The minimum atomic E-state index is -0.307. The highest BCUT2D eigenvalue weighted by Gasteiger charge is 2.23. The largest absolute Gasteiger partial charge is 0.441 e. The maximum Gasteiger partial charge on any atom is 0.198 e. The second-order valence-electron chi connectivity index (χ2n) is 9.54. The van der Waals surface area contributed by atoms with Gasteiger partial charge in [-0.05, 0) is 79.2 Å². The van der Waals surface area contributed by atoms with Gasteiger partial charge in [-0.1, -0.05) is 76.1 Å². The quantitative estimate of drug-likeness (QED) is 0.197. The Morgan fingerprint density at radius 1 is 0.903 bits per heavy atom. The third kappa shape index (κ3) is 5.03. The van der Waals surface area contributed by atoms with Crippen LogP contribution < -0.4 is 0 Å². The highest BCUT2D eigenvalue weighted by atomic mass is 32.1. The molecule has 0 amide bonds. The molecule has 0 aliphatic heterocycles. The first-order chi connectivity index (χ1) is 15.1. The van der Waals surface area contributed by atoms with E-state index in [-0.39, 0.29) is 11.4 Å². The van der Waals surface area contributed by atoms with Gasteiger partial charge in [-0.3, -0.25) is 0 Å². The maximum atomic E-state index is 14.5. The van der Waals surface area contributed by atoms with Crippen LogP contribution in [0.5, 0.6) is 0 Å². The van der Waals surface area contributed by atoms with Gasteiger partial charge < -0.3 is 4.42 Å². The number of aryl methyl sites for hydroxylation is 1. The average Bonchev–Trinajstić information content (AvgIpc) is 2.79. The molecule has 0 atom stereocenters. The highest BCUT2D eigenvalue weighted by molar-refractivity contribution is 7.71. The number of benzene rings is 2. The van der Waals surface area contributed by atoms with Crippen LogP contribution in [0, 0.1) is 23.4 Å². The summed E-state index contributed by atoms with van der Waals surface area (Å²) >= 11 is 5.52. The van der Waals surface area contributed by atoms with E-state index in [0.717, 1.165) is 22.1 Å². The van der Waals surface area contributed by atoms with Crippen molar-refractivity contribution < 1.29 is 8.81 Å². The first kappa shape index (κ1) is 22.5. The molecule has 0 spiro atoms. The molecule has 0 N–H and O–H groups in total. The SMILES string of the molecule is CCCCCCCCC1CCC(c2ccc3c(c2)c(=S)oc2c(F)c(C)ccc23)CC1. The second-order valence-corrected chi connectivity index (χ2v) is 9.91. The van der Waals surface area contributed by atoms with E-state index < -0.39 is 0 Å². The first-order valence-electron chi connectivity index (χ1n) is 12.2. The summed E-state index contributed by atoms with van der Waals surface area (Å²) in [5.74, 6) is 1.20. The van der Waals surface area contributed by atoms with Gasteiger partial charge in [0, 0.05) is 10.8 Å². The lowest BCUT2D eigenvalue weighted by Gasteiger charge is -2.29. The third-order valence-corrected chi connectivity index (χ3v) is 7.63. The van der Waals surface area contributed by atoms with Gasteiger partial charge in [0.05, 0.1) is 0 Å². The summed E-state index contributed by atoms with van der Waals surface area (Å²) in [7, 11) is 0. The Balaban J connectivity index is 1.43. The molecule has 3 heteroatoms.